The Kier molecular flexibility index (Phi) is 13.5. The van der Waals surface area contributed by atoms with Crippen LogP contribution in [0.1, 0.15) is 125 Å². The summed E-state index contributed by atoms with van der Waals surface area (Å²) in [4.78, 5) is 72.2. The molecule has 17 heteroatoms. The van der Waals surface area contributed by atoms with E-state index in [1.54, 1.807) is 35.9 Å². The van der Waals surface area contributed by atoms with Gasteiger partial charge >= 0.3 is 5.69 Å². The van der Waals surface area contributed by atoms with E-state index >= 15 is 4.39 Å². The quantitative estimate of drug-likeness (QED) is 0.120. The van der Waals surface area contributed by atoms with Gasteiger partial charge in [0, 0.05) is 80.9 Å². The van der Waals surface area contributed by atoms with Gasteiger partial charge in [-0.05, 0) is 124 Å². The first-order valence-electron chi connectivity index (χ1n) is 26.1. The number of aromatic nitrogens is 2. The zero-order valence-corrected chi connectivity index (χ0v) is 42.0. The number of hydrogen-bond donors (Lipinski definition) is 4. The number of fused-ring (bicyclic) bond motifs is 4. The van der Waals surface area contributed by atoms with E-state index < -0.39 is 40.7 Å². The number of imidazole rings is 1. The summed E-state index contributed by atoms with van der Waals surface area (Å²) in [6.07, 6.45) is 12.9. The van der Waals surface area contributed by atoms with Gasteiger partial charge < -0.3 is 20.3 Å². The number of ether oxygens (including phenoxy) is 1. The largest absolute Gasteiger partial charge is 0.375 e. The van der Waals surface area contributed by atoms with Gasteiger partial charge in [0.25, 0.3) is 0 Å². The lowest BCUT2D eigenvalue weighted by atomic mass is 9.55. The predicted octanol–water partition coefficient (Wildman–Crippen LogP) is 7.23. The Morgan fingerprint density at radius 2 is 1.54 bits per heavy atom. The first kappa shape index (κ1) is 48.6. The molecule has 4 N–H and O–H groups in total. The standard InChI is InChI=1S/C54H65Cl2FN8O6/c1-62-44-28-33(10-15-42(44)65(52(62)70)43-16-17-45(66)60-49(43)67)31-64-26-20-37(21-27-64)71-36-18-24-63(25-19-36)30-32-8-12-35(13-9-32)58-50(68)48-46(38-6-5-7-40(56)47(38)57)54(53(61-48)22-3-2-4-23-53)39-14-11-34(55)29-41(39)59-51(54)69/h5-7,10-11,14-15,28-29,32,35-37,43,46,48,61H,2-4,8-9,12-13,16-27,30-31H2,1H3,(H,58,68)(H,59,69)(H,60,66,67)/t32-,35-,43?,46-,48+,54+/m0/s1. The highest BCUT2D eigenvalue weighted by Gasteiger charge is 2.72. The molecule has 4 atom stereocenters. The van der Waals surface area contributed by atoms with Crippen LogP contribution in [0.4, 0.5) is 10.1 Å². The van der Waals surface area contributed by atoms with Gasteiger partial charge in [0.15, 0.2) is 0 Å². The summed E-state index contributed by atoms with van der Waals surface area (Å²) in [6, 6.07) is 14.8. The fourth-order valence-corrected chi connectivity index (χ4v) is 14.4. The van der Waals surface area contributed by atoms with Crippen molar-refractivity contribution in [1.29, 1.82) is 0 Å². The number of likely N-dealkylation sites (tertiary alicyclic amines) is 2. The first-order valence-corrected chi connectivity index (χ1v) is 26.8. The molecule has 3 aromatic carbocycles. The summed E-state index contributed by atoms with van der Waals surface area (Å²) in [7, 11) is 1.73. The third-order valence-corrected chi connectivity index (χ3v) is 18.1. The fourth-order valence-electron chi connectivity index (χ4n) is 14.1. The van der Waals surface area contributed by atoms with Crippen molar-refractivity contribution in [1.82, 2.24) is 34.9 Å². The monoisotopic (exact) mass is 1010 g/mol. The third-order valence-electron chi connectivity index (χ3n) is 17.6. The molecule has 1 aromatic heterocycles. The minimum Gasteiger partial charge on any atom is -0.375 e. The Bertz CT molecular complexity index is 2790. The predicted molar refractivity (Wildman–Crippen MR) is 270 cm³/mol. The first-order chi connectivity index (χ1) is 34.3. The number of halogens is 3. The molecule has 2 spiro atoms. The highest BCUT2D eigenvalue weighted by atomic mass is 35.5. The number of nitrogens with zero attached hydrogens (tertiary/aromatic N) is 4. The number of imide groups is 1. The molecular formula is C54H65Cl2FN8O6. The third kappa shape index (κ3) is 8.83. The molecule has 378 valence electrons. The second-order valence-corrected chi connectivity index (χ2v) is 22.5. The van der Waals surface area contributed by atoms with E-state index in [2.05, 4.69) is 31.1 Å². The topological polar surface area (TPSA) is 159 Å². The van der Waals surface area contributed by atoms with Crippen LogP contribution >= 0.6 is 23.2 Å². The van der Waals surface area contributed by atoms with Gasteiger partial charge in [-0.15, -0.1) is 0 Å². The van der Waals surface area contributed by atoms with Crippen LogP contribution in [0.15, 0.2) is 59.4 Å². The second kappa shape index (κ2) is 19.7. The van der Waals surface area contributed by atoms with Crippen molar-refractivity contribution in [3.05, 3.63) is 97.6 Å². The maximum Gasteiger partial charge on any atom is 0.329 e. The van der Waals surface area contributed by atoms with Crippen LogP contribution in [0, 0.1) is 11.7 Å². The molecule has 6 heterocycles. The lowest BCUT2D eigenvalue weighted by Crippen LogP contribution is -2.60. The second-order valence-electron chi connectivity index (χ2n) is 21.7. The number of hydrogen-bond acceptors (Lipinski definition) is 9. The van der Waals surface area contributed by atoms with Gasteiger partial charge in [0.2, 0.25) is 23.6 Å². The van der Waals surface area contributed by atoms with E-state index in [-0.39, 0.29) is 58.7 Å². The normalized spacial score (nSPS) is 28.7. The summed E-state index contributed by atoms with van der Waals surface area (Å²) in [5.41, 5.74) is 1.94. The van der Waals surface area contributed by atoms with E-state index in [1.807, 2.05) is 24.3 Å². The van der Waals surface area contributed by atoms with E-state index in [0.29, 0.717) is 41.4 Å². The zero-order valence-electron chi connectivity index (χ0n) is 40.5. The SMILES string of the molecule is Cn1c(=O)n(C2CCC(=O)NC2=O)c2ccc(CN3CCC(OC4CCN(C[C@H]5CC[C@H](NC(=O)[C@@H]6NC7(CCCCC7)[C@@]7(C(=O)Nc8cc(Cl)ccc87)[C@H]6c6cccc(Cl)c6F)CC5)CC4)CC3)cc21. The number of carbonyl (C=O) groups is 4. The lowest BCUT2D eigenvalue weighted by molar-refractivity contribution is -0.136. The Hall–Kier alpha value is -4.64. The Morgan fingerprint density at radius 3 is 2.25 bits per heavy atom. The number of benzene rings is 3. The minimum atomic E-state index is -1.25. The molecule has 7 aliphatic rings. The molecule has 4 saturated heterocycles. The molecule has 4 amide bonds. The fraction of sp³-hybridized carbons (Fsp3) is 0.574. The van der Waals surface area contributed by atoms with Crippen LogP contribution in [0.5, 0.6) is 0 Å². The molecule has 2 saturated carbocycles. The summed E-state index contributed by atoms with van der Waals surface area (Å²) in [5.74, 6) is -2.07. The van der Waals surface area contributed by atoms with Crippen molar-refractivity contribution in [2.45, 2.75) is 150 Å². The highest BCUT2D eigenvalue weighted by molar-refractivity contribution is 6.31. The highest BCUT2D eigenvalue weighted by Crippen LogP contribution is 2.63. The molecule has 0 radical (unpaired) electrons. The van der Waals surface area contributed by atoms with Crippen LogP contribution in [0.2, 0.25) is 10.0 Å². The van der Waals surface area contributed by atoms with Crippen LogP contribution in [0.25, 0.3) is 11.0 Å². The van der Waals surface area contributed by atoms with Gasteiger partial charge in [0.1, 0.15) is 17.3 Å². The summed E-state index contributed by atoms with van der Waals surface area (Å²) in [6.45, 7) is 5.69. The number of aryl methyl sites for hydroxylation is 1. The molecule has 71 heavy (non-hydrogen) atoms. The molecule has 0 bridgehead atoms. The Labute approximate surface area is 423 Å². The molecule has 5 aliphatic heterocycles. The molecule has 14 nitrogen and oxygen atoms in total. The van der Waals surface area contributed by atoms with Crippen molar-refractivity contribution in [3.63, 3.8) is 0 Å². The number of carbonyl (C=O) groups excluding carboxylic acids is 4. The maximum absolute atomic E-state index is 16.4. The molecular weight excluding hydrogens is 947 g/mol. The van der Waals surface area contributed by atoms with Gasteiger partial charge in [-0.3, -0.25) is 43.8 Å². The van der Waals surface area contributed by atoms with Crippen molar-refractivity contribution >= 4 is 63.6 Å². The summed E-state index contributed by atoms with van der Waals surface area (Å²) in [5, 5.41) is 13.1. The average Bonchev–Trinajstić information content (AvgIpc) is 3.91. The lowest BCUT2D eigenvalue weighted by Gasteiger charge is -2.47. The maximum atomic E-state index is 16.4. The van der Waals surface area contributed by atoms with Gasteiger partial charge in [-0.25, -0.2) is 9.18 Å². The van der Waals surface area contributed by atoms with E-state index in [1.165, 1.54) is 10.6 Å². The van der Waals surface area contributed by atoms with Crippen molar-refractivity contribution in [3.8, 4) is 0 Å². The Morgan fingerprint density at radius 1 is 0.817 bits per heavy atom. The number of anilines is 1. The smallest absolute Gasteiger partial charge is 0.329 e. The summed E-state index contributed by atoms with van der Waals surface area (Å²) < 4.78 is 26.2. The number of amides is 4. The average molecular weight is 1010 g/mol. The minimum absolute atomic E-state index is 0.0167. The van der Waals surface area contributed by atoms with E-state index in [0.717, 1.165) is 127 Å². The van der Waals surface area contributed by atoms with Crippen molar-refractivity contribution in [2.24, 2.45) is 13.0 Å². The molecule has 1 unspecified atom stereocenters. The van der Waals surface area contributed by atoms with Crippen LogP contribution in [0.3, 0.4) is 0 Å². The van der Waals surface area contributed by atoms with Gasteiger partial charge in [-0.2, -0.15) is 0 Å². The molecule has 2 aliphatic carbocycles. The number of piperidine rings is 3. The summed E-state index contributed by atoms with van der Waals surface area (Å²) >= 11 is 12.9. The van der Waals surface area contributed by atoms with Gasteiger partial charge in [-0.1, -0.05) is 66.7 Å². The number of nitrogens with one attached hydrogen (secondary N) is 4. The molecule has 6 fully saturated rings. The number of rotatable bonds is 10. The molecule has 4 aromatic rings. The van der Waals surface area contributed by atoms with Crippen LogP contribution in [-0.4, -0.2) is 105 Å². The molecule has 11 rings (SSSR count). The van der Waals surface area contributed by atoms with E-state index in [9.17, 15) is 24.0 Å². The Balaban J connectivity index is 0.660. The van der Waals surface area contributed by atoms with Crippen LogP contribution in [-0.2, 0) is 42.9 Å². The van der Waals surface area contributed by atoms with Crippen molar-refractivity contribution < 1.29 is 28.3 Å². The van der Waals surface area contributed by atoms with Gasteiger partial charge in [0.05, 0.1) is 34.3 Å². The van der Waals surface area contributed by atoms with Crippen molar-refractivity contribution in [2.75, 3.05) is 38.0 Å². The van der Waals surface area contributed by atoms with E-state index in [4.69, 9.17) is 27.9 Å². The van der Waals surface area contributed by atoms with Crippen LogP contribution < -0.4 is 27.0 Å². The zero-order chi connectivity index (χ0) is 49.2.